The summed E-state index contributed by atoms with van der Waals surface area (Å²) in [6.07, 6.45) is 6.92. The molecule has 1 saturated heterocycles. The average Bonchev–Trinajstić information content (AvgIpc) is 3.30. The summed E-state index contributed by atoms with van der Waals surface area (Å²) >= 11 is 0. The van der Waals surface area contributed by atoms with Gasteiger partial charge in [0.05, 0.1) is 6.04 Å². The monoisotopic (exact) mass is 326 g/mol. The third-order valence-electron chi connectivity index (χ3n) is 4.22. The van der Waals surface area contributed by atoms with Gasteiger partial charge in [-0.1, -0.05) is 19.0 Å². The first-order valence-corrected chi connectivity index (χ1v) is 8.07. The highest BCUT2D eigenvalue weighted by atomic mass is 16.5. The van der Waals surface area contributed by atoms with E-state index in [-0.39, 0.29) is 17.9 Å². The van der Waals surface area contributed by atoms with E-state index in [4.69, 9.17) is 4.52 Å². The van der Waals surface area contributed by atoms with E-state index in [1.807, 2.05) is 20.0 Å². The molecule has 0 unspecified atom stereocenters. The number of carbonyl (C=O) groups is 1. The quantitative estimate of drug-likeness (QED) is 0.733. The molecule has 24 heavy (non-hydrogen) atoms. The van der Waals surface area contributed by atoms with Crippen LogP contribution < -0.4 is 0 Å². The number of nitrogens with zero attached hydrogens (tertiary/aromatic N) is 6. The minimum Gasteiger partial charge on any atom is -0.339 e. The number of fused-ring (bicyclic) bond motifs is 1. The number of hydrogen-bond donors (Lipinski definition) is 0. The van der Waals surface area contributed by atoms with Crippen LogP contribution in [0.4, 0.5) is 0 Å². The Morgan fingerprint density at radius 1 is 1.38 bits per heavy atom. The van der Waals surface area contributed by atoms with Crippen LogP contribution in [-0.2, 0) is 0 Å². The van der Waals surface area contributed by atoms with Gasteiger partial charge in [0, 0.05) is 31.1 Å². The molecule has 8 heteroatoms. The maximum Gasteiger partial charge on any atom is 0.274 e. The van der Waals surface area contributed by atoms with Crippen molar-refractivity contribution in [2.45, 2.75) is 38.6 Å². The minimum absolute atomic E-state index is 0.126. The fourth-order valence-corrected chi connectivity index (χ4v) is 2.98. The second-order valence-corrected chi connectivity index (χ2v) is 6.26. The van der Waals surface area contributed by atoms with E-state index in [9.17, 15) is 4.79 Å². The van der Waals surface area contributed by atoms with Crippen molar-refractivity contribution in [2.24, 2.45) is 0 Å². The predicted octanol–water partition coefficient (Wildman–Crippen LogP) is 2.21. The summed E-state index contributed by atoms with van der Waals surface area (Å²) in [5.74, 6) is 1.73. The zero-order valence-corrected chi connectivity index (χ0v) is 13.6. The van der Waals surface area contributed by atoms with Crippen molar-refractivity contribution in [2.75, 3.05) is 6.54 Å². The second kappa shape index (κ2) is 5.70. The van der Waals surface area contributed by atoms with Crippen molar-refractivity contribution < 1.29 is 9.32 Å². The molecule has 3 aromatic heterocycles. The van der Waals surface area contributed by atoms with Gasteiger partial charge in [0.15, 0.2) is 5.82 Å². The largest absolute Gasteiger partial charge is 0.339 e. The molecule has 0 aliphatic carbocycles. The van der Waals surface area contributed by atoms with E-state index in [1.54, 1.807) is 27.8 Å². The maximum atomic E-state index is 12.9. The van der Waals surface area contributed by atoms with Crippen LogP contribution in [0.25, 0.3) is 5.78 Å². The molecule has 8 nitrogen and oxygen atoms in total. The van der Waals surface area contributed by atoms with E-state index >= 15 is 0 Å². The molecule has 0 N–H and O–H groups in total. The minimum atomic E-state index is -0.161. The van der Waals surface area contributed by atoms with Gasteiger partial charge >= 0.3 is 0 Å². The summed E-state index contributed by atoms with van der Waals surface area (Å²) in [5, 5.41) is 4.07. The smallest absolute Gasteiger partial charge is 0.274 e. The van der Waals surface area contributed by atoms with Gasteiger partial charge in [-0.3, -0.25) is 9.20 Å². The van der Waals surface area contributed by atoms with Gasteiger partial charge in [-0.2, -0.15) is 4.98 Å². The molecule has 124 valence electrons. The lowest BCUT2D eigenvalue weighted by molar-refractivity contribution is 0.0723. The van der Waals surface area contributed by atoms with E-state index in [0.717, 1.165) is 12.8 Å². The highest BCUT2D eigenvalue weighted by Gasteiger charge is 2.35. The first-order chi connectivity index (χ1) is 11.6. The van der Waals surface area contributed by atoms with Crippen LogP contribution in [-0.4, -0.2) is 41.9 Å². The van der Waals surface area contributed by atoms with E-state index in [2.05, 4.69) is 20.1 Å². The zero-order valence-electron chi connectivity index (χ0n) is 13.6. The van der Waals surface area contributed by atoms with Crippen molar-refractivity contribution in [3.63, 3.8) is 0 Å². The summed E-state index contributed by atoms with van der Waals surface area (Å²) in [6.45, 7) is 4.66. The lowest BCUT2D eigenvalue weighted by Gasteiger charge is -2.20. The Morgan fingerprint density at radius 2 is 2.25 bits per heavy atom. The third-order valence-corrected chi connectivity index (χ3v) is 4.22. The first-order valence-electron chi connectivity index (χ1n) is 8.07. The van der Waals surface area contributed by atoms with Gasteiger partial charge in [0.2, 0.25) is 11.7 Å². The molecular formula is C16H18N6O2. The second-order valence-electron chi connectivity index (χ2n) is 6.26. The number of aromatic nitrogens is 5. The molecule has 4 heterocycles. The molecule has 1 aliphatic heterocycles. The molecule has 1 fully saturated rings. The summed E-state index contributed by atoms with van der Waals surface area (Å²) in [4.78, 5) is 27.6. The van der Waals surface area contributed by atoms with Crippen molar-refractivity contribution >= 4 is 11.7 Å². The summed E-state index contributed by atoms with van der Waals surface area (Å²) in [7, 11) is 0. The van der Waals surface area contributed by atoms with Crippen molar-refractivity contribution in [3.8, 4) is 0 Å². The molecule has 1 aliphatic rings. The Labute approximate surface area is 138 Å². The van der Waals surface area contributed by atoms with Gasteiger partial charge in [-0.15, -0.1) is 0 Å². The maximum absolute atomic E-state index is 12.9. The molecule has 0 aromatic carbocycles. The number of hydrogen-bond acceptors (Lipinski definition) is 6. The Kier molecular flexibility index (Phi) is 3.51. The van der Waals surface area contributed by atoms with Gasteiger partial charge in [0.25, 0.3) is 5.91 Å². The highest BCUT2D eigenvalue weighted by molar-refractivity contribution is 5.93. The Hall–Kier alpha value is -2.77. The van der Waals surface area contributed by atoms with Crippen LogP contribution in [0.5, 0.6) is 0 Å². The van der Waals surface area contributed by atoms with Crippen molar-refractivity contribution in [1.29, 1.82) is 0 Å². The Balaban J connectivity index is 1.62. The van der Waals surface area contributed by atoms with Gasteiger partial charge in [-0.05, 0) is 18.9 Å². The molecule has 0 spiro atoms. The Bertz CT molecular complexity index is 850. The van der Waals surface area contributed by atoms with Crippen LogP contribution in [0.3, 0.4) is 0 Å². The fourth-order valence-electron chi connectivity index (χ4n) is 2.98. The molecule has 4 rings (SSSR count). The highest BCUT2D eigenvalue weighted by Crippen LogP contribution is 2.32. The third kappa shape index (κ3) is 2.44. The van der Waals surface area contributed by atoms with Crippen LogP contribution in [0.15, 0.2) is 29.2 Å². The summed E-state index contributed by atoms with van der Waals surface area (Å²) in [5.41, 5.74) is 0.383. The molecule has 0 radical (unpaired) electrons. The first kappa shape index (κ1) is 14.8. The molecule has 1 amide bonds. The van der Waals surface area contributed by atoms with Crippen LogP contribution in [0.2, 0.25) is 0 Å². The number of rotatable bonds is 3. The van der Waals surface area contributed by atoms with Gasteiger partial charge in [0.1, 0.15) is 5.69 Å². The number of carbonyl (C=O) groups excluding carboxylic acids is 1. The zero-order chi connectivity index (χ0) is 16.7. The fraction of sp³-hybridized carbons (Fsp3) is 0.438. The van der Waals surface area contributed by atoms with Crippen molar-refractivity contribution in [1.82, 2.24) is 29.4 Å². The predicted molar refractivity (Wildman–Crippen MR) is 84.4 cm³/mol. The molecular weight excluding hydrogens is 308 g/mol. The van der Waals surface area contributed by atoms with Crippen molar-refractivity contribution in [3.05, 3.63) is 42.1 Å². The summed E-state index contributed by atoms with van der Waals surface area (Å²) < 4.78 is 7.03. The molecule has 0 saturated carbocycles. The average molecular weight is 326 g/mol. The van der Waals surface area contributed by atoms with E-state index in [0.29, 0.717) is 29.7 Å². The lowest BCUT2D eigenvalue weighted by Crippen LogP contribution is -2.31. The molecule has 1 atom stereocenters. The lowest BCUT2D eigenvalue weighted by atomic mass is 10.2. The van der Waals surface area contributed by atoms with Gasteiger partial charge in [-0.25, -0.2) is 9.97 Å². The normalized spacial score (nSPS) is 18.0. The Morgan fingerprint density at radius 3 is 3.00 bits per heavy atom. The number of likely N-dealkylation sites (tertiary alicyclic amines) is 1. The van der Waals surface area contributed by atoms with Gasteiger partial charge < -0.3 is 9.42 Å². The van der Waals surface area contributed by atoms with Crippen LogP contribution in [0.1, 0.15) is 60.9 Å². The molecule has 3 aromatic rings. The van der Waals surface area contributed by atoms with E-state index in [1.165, 1.54) is 0 Å². The summed E-state index contributed by atoms with van der Waals surface area (Å²) in [6, 6.07) is 1.64. The van der Waals surface area contributed by atoms with E-state index < -0.39 is 0 Å². The number of imidazole rings is 1. The van der Waals surface area contributed by atoms with Crippen LogP contribution in [0, 0.1) is 0 Å². The molecule has 0 bridgehead atoms. The number of amides is 1. The van der Waals surface area contributed by atoms with Crippen LogP contribution >= 0.6 is 0 Å². The SMILES string of the molecule is CC(C)c1nc([C@@H]2CCCN2C(=O)c2cn3cccnc3n2)no1. The standard InChI is InChI=1S/C16H18N6O2/c1-10(2)14-19-13(20-24-14)12-5-3-8-22(12)15(23)11-9-21-7-4-6-17-16(21)18-11/h4,6-7,9-10,12H,3,5,8H2,1-2H3/t12-/m0/s1. The topological polar surface area (TPSA) is 89.4 Å².